The van der Waals surface area contributed by atoms with Gasteiger partial charge in [-0.15, -0.1) is 0 Å². The number of hydrogen-bond donors (Lipinski definition) is 2. The molecule has 1 unspecified atom stereocenters. The summed E-state index contributed by atoms with van der Waals surface area (Å²) in [5.74, 6) is -1.30. The number of rotatable bonds is 6. The van der Waals surface area contributed by atoms with Crippen LogP contribution in [0.15, 0.2) is 6.20 Å². The van der Waals surface area contributed by atoms with Crippen LogP contribution in [0.3, 0.4) is 0 Å². The molecule has 0 spiro atoms. The van der Waals surface area contributed by atoms with Gasteiger partial charge in [-0.3, -0.25) is 14.9 Å². The summed E-state index contributed by atoms with van der Waals surface area (Å²) in [4.78, 5) is 24.1. The Morgan fingerprint density at radius 2 is 2.50 bits per heavy atom. The quantitative estimate of drug-likeness (QED) is 0.582. The summed E-state index contributed by atoms with van der Waals surface area (Å²) in [5, 5.41) is 22.2. The third kappa shape index (κ3) is 3.46. The number of nitro groups is 1. The molecule has 0 saturated heterocycles. The minimum absolute atomic E-state index is 0.0335. The van der Waals surface area contributed by atoms with Gasteiger partial charge >= 0.3 is 11.0 Å². The zero-order valence-electron chi connectivity index (χ0n) is 8.54. The first-order chi connectivity index (χ1) is 7.50. The molecule has 0 bridgehead atoms. The lowest BCUT2D eigenvalue weighted by Gasteiger charge is -2.05. The van der Waals surface area contributed by atoms with Crippen LogP contribution in [0.4, 0.5) is 10.1 Å². The van der Waals surface area contributed by atoms with Crippen LogP contribution in [0, 0.1) is 16.0 Å². The van der Waals surface area contributed by atoms with Gasteiger partial charge in [0.2, 0.25) is 0 Å². The Morgan fingerprint density at radius 3 is 3.00 bits per heavy atom. The summed E-state index contributed by atoms with van der Waals surface area (Å²) in [6.07, 6.45) is 1.62. The van der Waals surface area contributed by atoms with Gasteiger partial charge in [-0.1, -0.05) is 6.92 Å². The van der Waals surface area contributed by atoms with E-state index in [9.17, 15) is 14.9 Å². The fourth-order valence-corrected chi connectivity index (χ4v) is 1.61. The lowest BCUT2D eigenvalue weighted by atomic mass is 10.1. The van der Waals surface area contributed by atoms with Crippen LogP contribution >= 0.6 is 11.3 Å². The maximum Gasteiger partial charge on any atom is 0.345 e. The molecule has 0 fully saturated rings. The van der Waals surface area contributed by atoms with E-state index in [1.54, 1.807) is 6.92 Å². The fraction of sp³-hybridized carbons (Fsp3) is 0.500. The molecule has 88 valence electrons. The predicted molar refractivity (Wildman–Crippen MR) is 58.7 cm³/mol. The summed E-state index contributed by atoms with van der Waals surface area (Å²) in [6, 6.07) is 0. The topological polar surface area (TPSA) is 105 Å². The highest BCUT2D eigenvalue weighted by molar-refractivity contribution is 7.18. The van der Waals surface area contributed by atoms with Gasteiger partial charge < -0.3 is 10.4 Å². The zero-order valence-corrected chi connectivity index (χ0v) is 9.36. The number of carboxylic acid groups (broad SMARTS) is 1. The number of anilines is 1. The van der Waals surface area contributed by atoms with Gasteiger partial charge in [-0.05, 0) is 17.8 Å². The normalized spacial score (nSPS) is 12.1. The second-order valence-electron chi connectivity index (χ2n) is 3.22. The molecule has 0 aromatic carbocycles. The van der Waals surface area contributed by atoms with Crippen molar-refractivity contribution >= 4 is 27.4 Å². The molecule has 0 aliphatic heterocycles. The van der Waals surface area contributed by atoms with Gasteiger partial charge in [0.15, 0.2) is 5.13 Å². The lowest BCUT2D eigenvalue weighted by molar-refractivity contribution is -0.380. The Balaban J connectivity index is 2.37. The van der Waals surface area contributed by atoms with E-state index in [2.05, 4.69) is 10.3 Å². The number of aromatic nitrogens is 1. The van der Waals surface area contributed by atoms with Gasteiger partial charge in [0.1, 0.15) is 6.20 Å². The maximum absolute atomic E-state index is 10.5. The molecule has 1 atom stereocenters. The number of nitrogens with zero attached hydrogens (tertiary/aromatic N) is 2. The van der Waals surface area contributed by atoms with Crippen molar-refractivity contribution in [2.45, 2.75) is 13.3 Å². The summed E-state index contributed by atoms with van der Waals surface area (Å²) in [5.41, 5.74) is 0. The van der Waals surface area contributed by atoms with Crippen molar-refractivity contribution in [3.63, 3.8) is 0 Å². The Labute approximate surface area is 95.3 Å². The Morgan fingerprint density at radius 1 is 1.81 bits per heavy atom. The van der Waals surface area contributed by atoms with E-state index < -0.39 is 16.8 Å². The molecular formula is C8H11N3O4S. The van der Waals surface area contributed by atoms with Crippen LogP contribution in [0.25, 0.3) is 0 Å². The van der Waals surface area contributed by atoms with E-state index in [4.69, 9.17) is 5.11 Å². The molecule has 0 saturated carbocycles. The molecular weight excluding hydrogens is 234 g/mol. The Kier molecular flexibility index (Phi) is 4.18. The maximum atomic E-state index is 10.5. The number of carbonyl (C=O) groups is 1. The van der Waals surface area contributed by atoms with Crippen molar-refractivity contribution in [3.05, 3.63) is 16.3 Å². The van der Waals surface area contributed by atoms with Crippen LogP contribution in [-0.2, 0) is 4.79 Å². The first kappa shape index (κ1) is 12.4. The SMILES string of the molecule is CC(CCNc1ncc([N+](=O)[O-])s1)C(=O)O. The minimum atomic E-state index is -0.855. The molecule has 16 heavy (non-hydrogen) atoms. The summed E-state index contributed by atoms with van der Waals surface area (Å²) in [7, 11) is 0. The minimum Gasteiger partial charge on any atom is -0.481 e. The van der Waals surface area contributed by atoms with Crippen LogP contribution in [0.2, 0.25) is 0 Å². The zero-order chi connectivity index (χ0) is 12.1. The van der Waals surface area contributed by atoms with Gasteiger partial charge in [0.25, 0.3) is 0 Å². The molecule has 1 aromatic heterocycles. The average molecular weight is 245 g/mol. The van der Waals surface area contributed by atoms with Crippen LogP contribution in [0.5, 0.6) is 0 Å². The van der Waals surface area contributed by atoms with Crippen molar-refractivity contribution in [2.24, 2.45) is 5.92 Å². The molecule has 1 rings (SSSR count). The highest BCUT2D eigenvalue weighted by Gasteiger charge is 2.13. The van der Waals surface area contributed by atoms with Crippen LogP contribution in [0.1, 0.15) is 13.3 Å². The van der Waals surface area contributed by atoms with Gasteiger partial charge in [-0.25, -0.2) is 4.98 Å². The smallest absolute Gasteiger partial charge is 0.345 e. The van der Waals surface area contributed by atoms with E-state index in [-0.39, 0.29) is 5.00 Å². The predicted octanol–water partition coefficient (Wildman–Crippen LogP) is 1.57. The van der Waals surface area contributed by atoms with Crippen LogP contribution in [-0.4, -0.2) is 27.5 Å². The molecule has 0 aliphatic rings. The summed E-state index contributed by atoms with van der Waals surface area (Å²) < 4.78 is 0. The van der Waals surface area contributed by atoms with E-state index in [1.165, 1.54) is 6.20 Å². The molecule has 2 N–H and O–H groups in total. The number of hydrogen-bond acceptors (Lipinski definition) is 6. The number of aliphatic carboxylic acids is 1. The molecule has 8 heteroatoms. The summed E-state index contributed by atoms with van der Waals surface area (Å²) in [6.45, 7) is 2.03. The molecule has 0 radical (unpaired) electrons. The third-order valence-corrected chi connectivity index (χ3v) is 2.86. The second-order valence-corrected chi connectivity index (χ2v) is 4.22. The average Bonchev–Trinajstić information content (AvgIpc) is 2.66. The van der Waals surface area contributed by atoms with Gasteiger partial charge in [-0.2, -0.15) is 0 Å². The number of thiazole rings is 1. The standard InChI is InChI=1S/C8H11N3O4S/c1-5(7(12)13)2-3-9-8-10-4-6(16-8)11(14)15/h4-5H,2-3H2,1H3,(H,9,10)(H,12,13). The second kappa shape index (κ2) is 5.40. The fourth-order valence-electron chi connectivity index (χ4n) is 0.951. The van der Waals surface area contributed by atoms with E-state index in [0.29, 0.717) is 18.1 Å². The first-order valence-electron chi connectivity index (χ1n) is 4.57. The van der Waals surface area contributed by atoms with Gasteiger partial charge in [0.05, 0.1) is 10.8 Å². The molecule has 1 heterocycles. The van der Waals surface area contributed by atoms with Gasteiger partial charge in [0, 0.05) is 6.54 Å². The van der Waals surface area contributed by atoms with Crippen molar-refractivity contribution in [1.82, 2.24) is 4.98 Å². The first-order valence-corrected chi connectivity index (χ1v) is 5.39. The Bertz CT molecular complexity index is 392. The Hall–Kier alpha value is -1.70. The van der Waals surface area contributed by atoms with Crippen LogP contribution < -0.4 is 5.32 Å². The summed E-state index contributed by atoms with van der Waals surface area (Å²) >= 11 is 0.932. The highest BCUT2D eigenvalue weighted by Crippen LogP contribution is 2.24. The van der Waals surface area contributed by atoms with Crippen molar-refractivity contribution in [1.29, 1.82) is 0 Å². The monoisotopic (exact) mass is 245 g/mol. The van der Waals surface area contributed by atoms with E-state index in [1.807, 2.05) is 0 Å². The van der Waals surface area contributed by atoms with Crippen molar-refractivity contribution in [2.75, 3.05) is 11.9 Å². The third-order valence-electron chi connectivity index (χ3n) is 1.95. The van der Waals surface area contributed by atoms with Crippen molar-refractivity contribution in [3.8, 4) is 0 Å². The molecule has 0 aliphatic carbocycles. The molecule has 1 aromatic rings. The lowest BCUT2D eigenvalue weighted by Crippen LogP contribution is -2.14. The van der Waals surface area contributed by atoms with E-state index in [0.717, 1.165) is 11.3 Å². The van der Waals surface area contributed by atoms with E-state index >= 15 is 0 Å². The largest absolute Gasteiger partial charge is 0.481 e. The molecule has 0 amide bonds. The number of nitrogens with one attached hydrogen (secondary N) is 1. The molecule has 7 nitrogen and oxygen atoms in total. The van der Waals surface area contributed by atoms with Crippen molar-refractivity contribution < 1.29 is 14.8 Å². The number of carboxylic acids is 1. The highest BCUT2D eigenvalue weighted by atomic mass is 32.1.